The molecule has 1 atom stereocenters. The Hall–Kier alpha value is -1.88. The van der Waals surface area contributed by atoms with Crippen molar-refractivity contribution in [3.8, 4) is 5.75 Å². The first kappa shape index (κ1) is 15.0. The monoisotopic (exact) mass is 323 g/mol. The van der Waals surface area contributed by atoms with Crippen molar-refractivity contribution in [1.29, 1.82) is 0 Å². The lowest BCUT2D eigenvalue weighted by Gasteiger charge is -2.17. The first-order chi connectivity index (χ1) is 10.4. The van der Waals surface area contributed by atoms with Gasteiger partial charge in [-0.25, -0.2) is 9.29 Å². The smallest absolute Gasteiger partial charge is 0.261 e. The van der Waals surface area contributed by atoms with Crippen molar-refractivity contribution >= 4 is 29.1 Å². The minimum absolute atomic E-state index is 0.0918. The molecule has 2 aliphatic rings. The number of halogens is 2. The lowest BCUT2D eigenvalue weighted by Crippen LogP contribution is -2.32. The molecule has 22 heavy (non-hydrogen) atoms. The molecule has 0 aromatic heterocycles. The number of rotatable bonds is 2. The van der Waals surface area contributed by atoms with Crippen LogP contribution in [0.4, 0.5) is 10.1 Å². The summed E-state index contributed by atoms with van der Waals surface area (Å²) in [5, 5.41) is 0.0918. The van der Waals surface area contributed by atoms with Crippen LogP contribution in [0.1, 0.15) is 26.2 Å². The second-order valence-corrected chi connectivity index (χ2v) is 6.10. The van der Waals surface area contributed by atoms with Gasteiger partial charge in [0.2, 0.25) is 0 Å². The zero-order valence-electron chi connectivity index (χ0n) is 12.3. The van der Waals surface area contributed by atoms with Crippen molar-refractivity contribution in [3.63, 3.8) is 0 Å². The SMILES string of the molecule is COc1cc(N2C(=O)C3=C(CC(C)CC3)C2=O)c(F)cc1Cl. The third kappa shape index (κ3) is 2.20. The van der Waals surface area contributed by atoms with Gasteiger partial charge in [0.05, 0.1) is 17.8 Å². The molecule has 2 amide bonds. The van der Waals surface area contributed by atoms with E-state index >= 15 is 0 Å². The lowest BCUT2D eigenvalue weighted by molar-refractivity contribution is -0.120. The van der Waals surface area contributed by atoms with E-state index < -0.39 is 17.6 Å². The fourth-order valence-electron chi connectivity index (χ4n) is 2.99. The number of carbonyl (C=O) groups excluding carboxylic acids is 2. The second kappa shape index (κ2) is 5.39. The number of anilines is 1. The summed E-state index contributed by atoms with van der Waals surface area (Å²) in [7, 11) is 1.39. The van der Waals surface area contributed by atoms with Gasteiger partial charge in [-0.05, 0) is 31.2 Å². The van der Waals surface area contributed by atoms with Gasteiger partial charge in [-0.2, -0.15) is 0 Å². The summed E-state index contributed by atoms with van der Waals surface area (Å²) < 4.78 is 19.3. The minimum Gasteiger partial charge on any atom is -0.495 e. The van der Waals surface area contributed by atoms with Crippen molar-refractivity contribution in [3.05, 3.63) is 34.1 Å². The van der Waals surface area contributed by atoms with Gasteiger partial charge in [-0.3, -0.25) is 9.59 Å². The van der Waals surface area contributed by atoms with Gasteiger partial charge in [0, 0.05) is 17.2 Å². The van der Waals surface area contributed by atoms with Crippen molar-refractivity contribution in [2.75, 3.05) is 12.0 Å². The molecule has 3 rings (SSSR count). The standard InChI is InChI=1S/C16H15ClFNO3/c1-8-3-4-9-10(5-8)16(21)19(15(9)20)13-7-14(22-2)11(17)6-12(13)18/h6-8H,3-5H2,1-2H3. The van der Waals surface area contributed by atoms with Crippen LogP contribution in [0.3, 0.4) is 0 Å². The highest BCUT2D eigenvalue weighted by atomic mass is 35.5. The van der Waals surface area contributed by atoms with Crippen LogP contribution in [-0.2, 0) is 9.59 Å². The molecule has 116 valence electrons. The molecule has 0 radical (unpaired) electrons. The lowest BCUT2D eigenvalue weighted by atomic mass is 9.86. The maximum atomic E-state index is 14.2. The number of methoxy groups -OCH3 is 1. The Morgan fingerprint density at radius 2 is 1.95 bits per heavy atom. The predicted octanol–water partition coefficient (Wildman–Crippen LogP) is 3.48. The van der Waals surface area contributed by atoms with Crippen LogP contribution < -0.4 is 9.64 Å². The molecular weight excluding hydrogens is 309 g/mol. The number of amides is 2. The van der Waals surface area contributed by atoms with E-state index in [2.05, 4.69) is 0 Å². The quantitative estimate of drug-likeness (QED) is 0.783. The van der Waals surface area contributed by atoms with E-state index in [1.807, 2.05) is 6.92 Å². The van der Waals surface area contributed by atoms with Crippen molar-refractivity contribution in [1.82, 2.24) is 0 Å². The van der Waals surface area contributed by atoms with Crippen molar-refractivity contribution in [2.24, 2.45) is 5.92 Å². The average molecular weight is 324 g/mol. The number of hydrogen-bond acceptors (Lipinski definition) is 3. The van der Waals surface area contributed by atoms with E-state index in [-0.39, 0.29) is 16.5 Å². The van der Waals surface area contributed by atoms with Crippen molar-refractivity contribution in [2.45, 2.75) is 26.2 Å². The number of hydrogen-bond donors (Lipinski definition) is 0. The highest BCUT2D eigenvalue weighted by molar-refractivity contribution is 6.34. The van der Waals surface area contributed by atoms with Crippen LogP contribution >= 0.6 is 11.6 Å². The van der Waals surface area contributed by atoms with Crippen LogP contribution in [0.5, 0.6) is 5.75 Å². The third-order valence-corrected chi connectivity index (χ3v) is 4.48. The summed E-state index contributed by atoms with van der Waals surface area (Å²) in [4.78, 5) is 25.9. The zero-order chi connectivity index (χ0) is 16.0. The van der Waals surface area contributed by atoms with Gasteiger partial charge < -0.3 is 4.74 Å². The number of benzene rings is 1. The minimum atomic E-state index is -0.722. The Morgan fingerprint density at radius 3 is 2.64 bits per heavy atom. The van der Waals surface area contributed by atoms with Crippen molar-refractivity contribution < 1.29 is 18.7 Å². The topological polar surface area (TPSA) is 46.6 Å². The van der Waals surface area contributed by atoms with Gasteiger partial charge >= 0.3 is 0 Å². The third-order valence-electron chi connectivity index (χ3n) is 4.19. The van der Waals surface area contributed by atoms with Gasteiger partial charge in [-0.15, -0.1) is 0 Å². The maximum Gasteiger partial charge on any atom is 0.261 e. The summed E-state index contributed by atoms with van der Waals surface area (Å²) in [6, 6.07) is 2.34. The predicted molar refractivity (Wildman–Crippen MR) is 80.5 cm³/mol. The summed E-state index contributed by atoms with van der Waals surface area (Å²) in [6.07, 6.45) is 1.98. The number of ether oxygens (including phenoxy) is 1. The first-order valence-electron chi connectivity index (χ1n) is 7.08. The molecule has 0 N–H and O–H groups in total. The maximum absolute atomic E-state index is 14.2. The highest BCUT2D eigenvalue weighted by Crippen LogP contribution is 2.40. The van der Waals surface area contributed by atoms with Crippen LogP contribution in [-0.4, -0.2) is 18.9 Å². The Balaban J connectivity index is 2.04. The summed E-state index contributed by atoms with van der Waals surface area (Å²) in [5.74, 6) is -1.03. The van der Waals surface area contributed by atoms with Crippen LogP contribution in [0.25, 0.3) is 0 Å². The molecule has 0 saturated carbocycles. The van der Waals surface area contributed by atoms with E-state index in [1.165, 1.54) is 13.2 Å². The molecule has 1 aliphatic carbocycles. The van der Waals surface area contributed by atoms with E-state index in [9.17, 15) is 14.0 Å². The fraction of sp³-hybridized carbons (Fsp3) is 0.375. The van der Waals surface area contributed by atoms with Gasteiger partial charge in [0.1, 0.15) is 11.6 Å². The molecule has 0 spiro atoms. The van der Waals surface area contributed by atoms with Gasteiger partial charge in [-0.1, -0.05) is 18.5 Å². The Kier molecular flexibility index (Phi) is 3.68. The molecular formula is C16H15ClFNO3. The molecule has 1 unspecified atom stereocenters. The summed E-state index contributed by atoms with van der Waals surface area (Å²) >= 11 is 5.86. The average Bonchev–Trinajstić information content (AvgIpc) is 2.71. The first-order valence-corrected chi connectivity index (χ1v) is 7.45. The van der Waals surface area contributed by atoms with E-state index in [1.54, 1.807) is 0 Å². The van der Waals surface area contributed by atoms with E-state index in [0.29, 0.717) is 29.9 Å². The Morgan fingerprint density at radius 1 is 1.27 bits per heavy atom. The van der Waals surface area contributed by atoms with E-state index in [4.69, 9.17) is 16.3 Å². The normalized spacial score (nSPS) is 21.5. The largest absolute Gasteiger partial charge is 0.495 e. The van der Waals surface area contributed by atoms with Crippen LogP contribution in [0.15, 0.2) is 23.3 Å². The number of nitrogens with zero attached hydrogens (tertiary/aromatic N) is 1. The molecule has 0 saturated heterocycles. The molecule has 6 heteroatoms. The Labute approximate surface area is 132 Å². The number of imide groups is 1. The molecule has 1 aromatic carbocycles. The summed E-state index contributed by atoms with van der Waals surface area (Å²) in [5.41, 5.74) is 0.909. The molecule has 0 fully saturated rings. The van der Waals surface area contributed by atoms with Gasteiger partial charge in [0.25, 0.3) is 11.8 Å². The fourth-order valence-corrected chi connectivity index (χ4v) is 3.22. The second-order valence-electron chi connectivity index (χ2n) is 5.69. The van der Waals surface area contributed by atoms with Crippen LogP contribution in [0.2, 0.25) is 5.02 Å². The molecule has 1 aromatic rings. The highest BCUT2D eigenvalue weighted by Gasteiger charge is 2.42. The molecule has 0 bridgehead atoms. The zero-order valence-corrected chi connectivity index (χ0v) is 13.0. The Bertz CT molecular complexity index is 714. The summed E-state index contributed by atoms with van der Waals surface area (Å²) in [6.45, 7) is 2.04. The molecule has 4 nitrogen and oxygen atoms in total. The number of carbonyl (C=O) groups is 2. The van der Waals surface area contributed by atoms with Gasteiger partial charge in [0.15, 0.2) is 0 Å². The molecule has 1 heterocycles. The van der Waals surface area contributed by atoms with E-state index in [0.717, 1.165) is 17.4 Å². The molecule has 1 aliphatic heterocycles. The van der Waals surface area contributed by atoms with Crippen LogP contribution in [0, 0.1) is 11.7 Å².